The van der Waals surface area contributed by atoms with Gasteiger partial charge in [-0.1, -0.05) is 22.6 Å². The smallest absolute Gasteiger partial charge is 0.246 e. The molecule has 2 atom stereocenters. The van der Waals surface area contributed by atoms with Gasteiger partial charge in [-0.05, 0) is 33.1 Å². The second-order valence-electron chi connectivity index (χ2n) is 5.57. The first-order valence-corrected chi connectivity index (χ1v) is 9.89. The Kier molecular flexibility index (Phi) is 16.6. The maximum Gasteiger partial charge on any atom is 0.246 e. The lowest BCUT2D eigenvalue weighted by atomic mass is 10.2. The van der Waals surface area contributed by atoms with Crippen molar-refractivity contribution < 1.29 is 23.8 Å². The molecule has 0 aromatic heterocycles. The van der Waals surface area contributed by atoms with Gasteiger partial charge in [-0.25, -0.2) is 0 Å². The highest BCUT2D eigenvalue weighted by molar-refractivity contribution is 14.1. The summed E-state index contributed by atoms with van der Waals surface area (Å²) in [6.45, 7) is 6.91. The van der Waals surface area contributed by atoms with Crippen LogP contribution in [-0.2, 0) is 23.8 Å². The molecular formula is C16H32IN3O5. The molecule has 0 bridgehead atoms. The second-order valence-corrected chi connectivity index (χ2v) is 7.32. The largest absolute Gasteiger partial charge is 0.380 e. The Bertz CT molecular complexity index is 357. The zero-order chi connectivity index (χ0) is 18.9. The van der Waals surface area contributed by atoms with Crippen molar-refractivity contribution in [1.29, 1.82) is 0 Å². The Balaban J connectivity index is 3.19. The van der Waals surface area contributed by atoms with Crippen LogP contribution in [-0.4, -0.2) is 68.1 Å². The minimum absolute atomic E-state index is 0.0250. The maximum atomic E-state index is 11.4. The summed E-state index contributed by atoms with van der Waals surface area (Å²) in [6.07, 6.45) is 2.92. The first-order valence-electron chi connectivity index (χ1n) is 8.64. The molecule has 0 rings (SSSR count). The number of carbonyl (C=O) groups is 2. The molecule has 0 saturated carbocycles. The molecule has 8 nitrogen and oxygen atoms in total. The zero-order valence-electron chi connectivity index (χ0n) is 15.2. The number of amides is 2. The van der Waals surface area contributed by atoms with Crippen LogP contribution in [0.15, 0.2) is 0 Å². The molecule has 0 fully saturated rings. The second kappa shape index (κ2) is 17.0. The Morgan fingerprint density at radius 1 is 0.960 bits per heavy atom. The van der Waals surface area contributed by atoms with Crippen molar-refractivity contribution in [2.45, 2.75) is 43.3 Å². The first-order chi connectivity index (χ1) is 11.9. The number of alkyl halides is 1. The molecule has 0 aromatic carbocycles. The topological polar surface area (TPSA) is 112 Å². The van der Waals surface area contributed by atoms with E-state index >= 15 is 0 Å². The van der Waals surface area contributed by atoms with Crippen molar-refractivity contribution in [3.8, 4) is 0 Å². The summed E-state index contributed by atoms with van der Waals surface area (Å²) >= 11 is 2.10. The molecule has 0 saturated heterocycles. The number of nitrogens with one attached hydrogen (secondary N) is 2. The summed E-state index contributed by atoms with van der Waals surface area (Å²) in [7, 11) is 0. The minimum Gasteiger partial charge on any atom is -0.380 e. The van der Waals surface area contributed by atoms with Gasteiger partial charge in [-0.15, -0.1) is 0 Å². The van der Waals surface area contributed by atoms with Crippen LogP contribution in [0, 0.1) is 0 Å². The third-order valence-corrected chi connectivity index (χ3v) is 3.41. The number of unbranched alkanes of at least 4 members (excludes halogenated alkanes) is 2. The standard InChI is InChI=1S/C16H32IN3O5/c1-13(18)16(22)20-7-11-24-9-5-3-4-8-23-10-6-19-15(21)12-25-14(2)17/h13-14H,3-12,18H2,1-2H3,(H,19,21)(H,20,22). The summed E-state index contributed by atoms with van der Waals surface area (Å²) in [6, 6.07) is -0.485. The quantitative estimate of drug-likeness (QED) is 0.172. The number of ether oxygens (including phenoxy) is 3. The molecule has 9 heteroatoms. The van der Waals surface area contributed by atoms with Crippen molar-refractivity contribution >= 4 is 34.4 Å². The molecule has 2 amide bonds. The number of rotatable bonds is 16. The summed E-state index contributed by atoms with van der Waals surface area (Å²) in [5.41, 5.74) is 5.42. The maximum absolute atomic E-state index is 11.4. The van der Waals surface area contributed by atoms with E-state index in [-0.39, 0.29) is 22.5 Å². The molecular weight excluding hydrogens is 441 g/mol. The third kappa shape index (κ3) is 18.1. The van der Waals surface area contributed by atoms with Gasteiger partial charge in [0.05, 0.1) is 19.3 Å². The molecule has 0 spiro atoms. The summed E-state index contributed by atoms with van der Waals surface area (Å²) in [5.74, 6) is -0.287. The van der Waals surface area contributed by atoms with E-state index in [9.17, 15) is 9.59 Å². The van der Waals surface area contributed by atoms with Crippen LogP contribution in [0.4, 0.5) is 0 Å². The average molecular weight is 473 g/mol. The molecule has 0 aromatic rings. The molecule has 2 unspecified atom stereocenters. The van der Waals surface area contributed by atoms with Crippen LogP contribution in [0.1, 0.15) is 33.1 Å². The van der Waals surface area contributed by atoms with Gasteiger partial charge in [0.25, 0.3) is 0 Å². The molecule has 25 heavy (non-hydrogen) atoms. The number of nitrogens with two attached hydrogens (primary N) is 1. The highest BCUT2D eigenvalue weighted by Crippen LogP contribution is 1.99. The first kappa shape index (κ1) is 24.5. The van der Waals surface area contributed by atoms with Crippen molar-refractivity contribution in [2.24, 2.45) is 5.73 Å². The van der Waals surface area contributed by atoms with Crippen LogP contribution in [0.3, 0.4) is 0 Å². The van der Waals surface area contributed by atoms with Gasteiger partial charge in [-0.2, -0.15) is 0 Å². The van der Waals surface area contributed by atoms with E-state index in [1.807, 2.05) is 6.92 Å². The van der Waals surface area contributed by atoms with Crippen LogP contribution >= 0.6 is 22.6 Å². The SMILES string of the molecule is CC(I)OCC(=O)NCCOCCCCCOCCNC(=O)C(C)N. The Morgan fingerprint density at radius 3 is 2.04 bits per heavy atom. The summed E-state index contributed by atoms with van der Waals surface area (Å²) < 4.78 is 16.1. The number of hydrogen-bond donors (Lipinski definition) is 3. The Labute approximate surface area is 164 Å². The highest BCUT2D eigenvalue weighted by atomic mass is 127. The fourth-order valence-corrected chi connectivity index (χ4v) is 1.88. The third-order valence-electron chi connectivity index (χ3n) is 3.05. The van der Waals surface area contributed by atoms with E-state index in [1.165, 1.54) is 0 Å². The Hall–Kier alpha value is -0.490. The van der Waals surface area contributed by atoms with Gasteiger partial charge >= 0.3 is 0 Å². The lowest BCUT2D eigenvalue weighted by Gasteiger charge is -2.09. The van der Waals surface area contributed by atoms with Gasteiger partial charge in [0.1, 0.15) is 10.7 Å². The van der Waals surface area contributed by atoms with E-state index in [1.54, 1.807) is 6.92 Å². The molecule has 0 radical (unpaired) electrons. The molecule has 0 aliphatic carbocycles. The van der Waals surface area contributed by atoms with Crippen molar-refractivity contribution in [3.05, 3.63) is 0 Å². The van der Waals surface area contributed by atoms with Gasteiger partial charge in [0.2, 0.25) is 11.8 Å². The van der Waals surface area contributed by atoms with E-state index in [0.717, 1.165) is 19.3 Å². The van der Waals surface area contributed by atoms with Crippen LogP contribution in [0.2, 0.25) is 0 Å². The van der Waals surface area contributed by atoms with Crippen LogP contribution < -0.4 is 16.4 Å². The normalized spacial score (nSPS) is 13.3. The van der Waals surface area contributed by atoms with E-state index in [2.05, 4.69) is 33.2 Å². The van der Waals surface area contributed by atoms with Crippen molar-refractivity contribution in [3.63, 3.8) is 0 Å². The predicted molar refractivity (Wildman–Crippen MR) is 105 cm³/mol. The minimum atomic E-state index is -0.485. The van der Waals surface area contributed by atoms with Gasteiger partial charge in [-0.3, -0.25) is 9.59 Å². The molecule has 0 aliphatic rings. The van der Waals surface area contributed by atoms with Gasteiger partial charge < -0.3 is 30.6 Å². The van der Waals surface area contributed by atoms with Crippen LogP contribution in [0.5, 0.6) is 0 Å². The van der Waals surface area contributed by atoms with Crippen molar-refractivity contribution in [1.82, 2.24) is 10.6 Å². The molecule has 148 valence electrons. The fourth-order valence-electron chi connectivity index (χ4n) is 1.70. The van der Waals surface area contributed by atoms with Gasteiger partial charge in [0.15, 0.2) is 0 Å². The highest BCUT2D eigenvalue weighted by Gasteiger charge is 2.05. The summed E-state index contributed by atoms with van der Waals surface area (Å²) in [4.78, 5) is 22.5. The average Bonchev–Trinajstić information content (AvgIpc) is 2.56. The molecule has 0 aliphatic heterocycles. The fraction of sp³-hybridized carbons (Fsp3) is 0.875. The predicted octanol–water partition coefficient (Wildman–Crippen LogP) is 0.567. The van der Waals surface area contributed by atoms with Crippen LogP contribution in [0.25, 0.3) is 0 Å². The summed E-state index contributed by atoms with van der Waals surface area (Å²) in [5, 5.41) is 5.42. The number of hydrogen-bond acceptors (Lipinski definition) is 6. The molecule has 4 N–H and O–H groups in total. The lowest BCUT2D eigenvalue weighted by molar-refractivity contribution is -0.126. The molecule has 0 heterocycles. The lowest BCUT2D eigenvalue weighted by Crippen LogP contribution is -2.39. The van der Waals surface area contributed by atoms with Gasteiger partial charge in [0, 0.05) is 26.3 Å². The van der Waals surface area contributed by atoms with E-state index in [0.29, 0.717) is 39.5 Å². The Morgan fingerprint density at radius 2 is 1.52 bits per heavy atom. The monoisotopic (exact) mass is 473 g/mol. The number of carbonyl (C=O) groups excluding carboxylic acids is 2. The van der Waals surface area contributed by atoms with Crippen molar-refractivity contribution in [2.75, 3.05) is 46.1 Å². The van der Waals surface area contributed by atoms with E-state index < -0.39 is 6.04 Å². The zero-order valence-corrected chi connectivity index (χ0v) is 17.4. The number of halogens is 1. The van der Waals surface area contributed by atoms with E-state index in [4.69, 9.17) is 19.9 Å².